The van der Waals surface area contributed by atoms with Crippen LogP contribution in [0.3, 0.4) is 0 Å². The minimum Gasteiger partial charge on any atom is -0.352 e. The number of carbonyl (C=O) groups excluding carboxylic acids is 1. The topological polar surface area (TPSA) is 88.2 Å². The van der Waals surface area contributed by atoms with E-state index >= 15 is 0 Å². The average Bonchev–Trinajstić information content (AvgIpc) is 2.76. The van der Waals surface area contributed by atoms with E-state index in [0.29, 0.717) is 39.8 Å². The molecule has 2 aromatic carbocycles. The molecule has 0 unspecified atom stereocenters. The number of aromatic nitrogens is 1. The molecule has 0 saturated carbocycles. The first kappa shape index (κ1) is 23.1. The van der Waals surface area contributed by atoms with Crippen LogP contribution in [0.25, 0.3) is 0 Å². The number of amides is 1. The van der Waals surface area contributed by atoms with Gasteiger partial charge in [-0.2, -0.15) is 0 Å². The summed E-state index contributed by atoms with van der Waals surface area (Å²) in [6.45, 7) is 0.455. The number of sulfonamides is 1. The zero-order chi connectivity index (χ0) is 22.3. The quantitative estimate of drug-likeness (QED) is 0.479. The maximum absolute atomic E-state index is 12.4. The van der Waals surface area contributed by atoms with Crippen LogP contribution in [0.4, 0.5) is 5.69 Å². The van der Waals surface area contributed by atoms with Crippen LogP contribution in [-0.2, 0) is 22.9 Å². The summed E-state index contributed by atoms with van der Waals surface area (Å²) in [7, 11) is -3.60. The third kappa shape index (κ3) is 6.95. The number of anilines is 1. The van der Waals surface area contributed by atoms with Crippen LogP contribution in [0.1, 0.15) is 21.6 Å². The molecular weight excluding hydrogens is 457 g/mol. The molecule has 1 amide bonds. The van der Waals surface area contributed by atoms with Gasteiger partial charge >= 0.3 is 0 Å². The Kier molecular flexibility index (Phi) is 7.90. The molecule has 3 rings (SSSR count). The van der Waals surface area contributed by atoms with Crippen molar-refractivity contribution in [3.8, 4) is 0 Å². The van der Waals surface area contributed by atoms with E-state index in [2.05, 4.69) is 15.0 Å². The number of nitrogens with one attached hydrogen (secondary N) is 2. The van der Waals surface area contributed by atoms with Crippen LogP contribution in [0.2, 0.25) is 10.0 Å². The maximum Gasteiger partial charge on any atom is 0.251 e. The fourth-order valence-corrected chi connectivity index (χ4v) is 4.36. The molecule has 1 heterocycles. The number of benzene rings is 2. The predicted molar refractivity (Wildman–Crippen MR) is 124 cm³/mol. The van der Waals surface area contributed by atoms with E-state index in [1.807, 2.05) is 18.2 Å². The van der Waals surface area contributed by atoms with E-state index in [9.17, 15) is 13.2 Å². The van der Waals surface area contributed by atoms with Crippen LogP contribution >= 0.6 is 23.2 Å². The second-order valence-corrected chi connectivity index (χ2v) is 9.42. The van der Waals surface area contributed by atoms with Gasteiger partial charge in [0.05, 0.1) is 15.8 Å². The Balaban J connectivity index is 1.51. The fraction of sp³-hybridized carbons (Fsp3) is 0.182. The van der Waals surface area contributed by atoms with E-state index in [1.165, 1.54) is 0 Å². The zero-order valence-electron chi connectivity index (χ0n) is 16.5. The third-order valence-corrected chi connectivity index (χ3v) is 6.63. The first-order valence-electron chi connectivity index (χ1n) is 9.55. The fourth-order valence-electron chi connectivity index (χ4n) is 2.86. The molecule has 0 spiro atoms. The van der Waals surface area contributed by atoms with Crippen molar-refractivity contribution in [3.63, 3.8) is 0 Å². The van der Waals surface area contributed by atoms with Crippen molar-refractivity contribution in [2.24, 2.45) is 0 Å². The molecule has 3 aromatic rings. The number of carbonyl (C=O) groups is 1. The van der Waals surface area contributed by atoms with Crippen LogP contribution < -0.4 is 10.0 Å². The molecule has 1 aromatic heterocycles. The molecule has 0 atom stereocenters. The molecule has 0 aliphatic heterocycles. The van der Waals surface area contributed by atoms with E-state index in [-0.39, 0.29) is 18.1 Å². The lowest BCUT2D eigenvalue weighted by molar-refractivity contribution is 0.0954. The van der Waals surface area contributed by atoms with Crippen LogP contribution in [-0.4, -0.2) is 31.6 Å². The highest BCUT2D eigenvalue weighted by Gasteiger charge is 2.14. The largest absolute Gasteiger partial charge is 0.352 e. The molecule has 0 saturated heterocycles. The van der Waals surface area contributed by atoms with E-state index in [1.54, 1.807) is 48.7 Å². The number of nitrogens with zero attached hydrogens (tertiary/aromatic N) is 1. The summed E-state index contributed by atoms with van der Waals surface area (Å²) >= 11 is 12.1. The van der Waals surface area contributed by atoms with Crippen molar-refractivity contribution < 1.29 is 13.2 Å². The standard InChI is InChI=1S/C22H21Cl2N3O3S/c23-20-6-3-4-16(21(20)24)12-15-31(29,30)27-19-9-7-17(8-10-19)22(28)26-14-11-18-5-1-2-13-25-18/h1-10,13,27H,11-12,14-15H2,(H,26,28). The molecule has 0 bridgehead atoms. The van der Waals surface area contributed by atoms with Crippen molar-refractivity contribution >= 4 is 44.8 Å². The molecular formula is C22H21Cl2N3O3S. The maximum atomic E-state index is 12.4. The Hall–Kier alpha value is -2.61. The Morgan fingerprint density at radius 1 is 0.935 bits per heavy atom. The average molecular weight is 478 g/mol. The van der Waals surface area contributed by atoms with Gasteiger partial charge in [0, 0.05) is 36.1 Å². The highest BCUT2D eigenvalue weighted by molar-refractivity contribution is 7.92. The summed E-state index contributed by atoms with van der Waals surface area (Å²) in [6.07, 6.45) is 2.56. The second kappa shape index (κ2) is 10.6. The van der Waals surface area contributed by atoms with Gasteiger partial charge < -0.3 is 5.32 Å². The first-order chi connectivity index (χ1) is 14.8. The van der Waals surface area contributed by atoms with Gasteiger partial charge in [-0.3, -0.25) is 14.5 Å². The van der Waals surface area contributed by atoms with Crippen molar-refractivity contribution in [1.29, 1.82) is 0 Å². The smallest absolute Gasteiger partial charge is 0.251 e. The molecule has 6 nitrogen and oxygen atoms in total. The summed E-state index contributed by atoms with van der Waals surface area (Å²) < 4.78 is 27.3. The molecule has 2 N–H and O–H groups in total. The molecule has 0 aliphatic carbocycles. The van der Waals surface area contributed by atoms with Gasteiger partial charge in [0.15, 0.2) is 0 Å². The zero-order valence-corrected chi connectivity index (χ0v) is 18.8. The van der Waals surface area contributed by atoms with Gasteiger partial charge in [-0.25, -0.2) is 8.42 Å². The van der Waals surface area contributed by atoms with Gasteiger partial charge in [0.25, 0.3) is 5.91 Å². The normalized spacial score (nSPS) is 11.2. The Morgan fingerprint density at radius 2 is 1.71 bits per heavy atom. The minimum atomic E-state index is -3.60. The molecule has 0 aliphatic rings. The van der Waals surface area contributed by atoms with Crippen molar-refractivity contribution in [2.75, 3.05) is 17.0 Å². The van der Waals surface area contributed by atoms with E-state index < -0.39 is 10.0 Å². The lowest BCUT2D eigenvalue weighted by atomic mass is 10.2. The lowest BCUT2D eigenvalue weighted by Crippen LogP contribution is -2.26. The number of hydrogen-bond acceptors (Lipinski definition) is 4. The summed E-state index contributed by atoms with van der Waals surface area (Å²) in [5, 5.41) is 3.57. The number of rotatable bonds is 9. The van der Waals surface area contributed by atoms with E-state index in [0.717, 1.165) is 5.69 Å². The number of pyridine rings is 1. The Bertz CT molecular complexity index is 1140. The van der Waals surface area contributed by atoms with Crippen LogP contribution in [0, 0.1) is 0 Å². The lowest BCUT2D eigenvalue weighted by Gasteiger charge is -2.10. The second-order valence-electron chi connectivity index (χ2n) is 6.79. The van der Waals surface area contributed by atoms with Crippen LogP contribution in [0.5, 0.6) is 0 Å². The van der Waals surface area contributed by atoms with Gasteiger partial charge in [-0.15, -0.1) is 0 Å². The van der Waals surface area contributed by atoms with Crippen molar-refractivity contribution in [2.45, 2.75) is 12.8 Å². The summed E-state index contributed by atoms with van der Waals surface area (Å²) in [6, 6.07) is 17.0. The van der Waals surface area contributed by atoms with Gasteiger partial charge in [0.1, 0.15) is 0 Å². The summed E-state index contributed by atoms with van der Waals surface area (Å²) in [4.78, 5) is 16.5. The monoisotopic (exact) mass is 477 g/mol. The van der Waals surface area contributed by atoms with Gasteiger partial charge in [-0.1, -0.05) is 41.4 Å². The summed E-state index contributed by atoms with van der Waals surface area (Å²) in [5.74, 6) is -0.385. The number of hydrogen-bond donors (Lipinski definition) is 2. The SMILES string of the molecule is O=C(NCCc1ccccn1)c1ccc(NS(=O)(=O)CCc2cccc(Cl)c2Cl)cc1. The Labute approximate surface area is 191 Å². The number of halogens is 2. The minimum absolute atomic E-state index is 0.150. The first-order valence-corrected chi connectivity index (χ1v) is 12.0. The van der Waals surface area contributed by atoms with Crippen LogP contribution in [0.15, 0.2) is 66.9 Å². The van der Waals surface area contributed by atoms with E-state index in [4.69, 9.17) is 23.2 Å². The molecule has 162 valence electrons. The predicted octanol–water partition coefficient (Wildman–Crippen LogP) is 4.35. The highest BCUT2D eigenvalue weighted by atomic mass is 35.5. The number of aryl methyl sites for hydroxylation is 1. The third-order valence-electron chi connectivity index (χ3n) is 4.48. The molecule has 0 fully saturated rings. The molecule has 9 heteroatoms. The van der Waals surface area contributed by atoms with Gasteiger partial charge in [-0.05, 0) is 54.4 Å². The van der Waals surface area contributed by atoms with Crippen molar-refractivity contribution in [1.82, 2.24) is 10.3 Å². The molecule has 31 heavy (non-hydrogen) atoms. The highest BCUT2D eigenvalue weighted by Crippen LogP contribution is 2.26. The summed E-state index contributed by atoms with van der Waals surface area (Å²) in [5.41, 5.74) is 2.38. The van der Waals surface area contributed by atoms with Crippen molar-refractivity contribution in [3.05, 3.63) is 93.7 Å². The Morgan fingerprint density at radius 3 is 2.42 bits per heavy atom. The molecule has 0 radical (unpaired) electrons. The van der Waals surface area contributed by atoms with Gasteiger partial charge in [0.2, 0.25) is 10.0 Å².